The maximum atomic E-state index is 12.0. The Morgan fingerprint density at radius 3 is 2.88 bits per heavy atom. The molecular formula is C12H19N3O. The lowest BCUT2D eigenvalue weighted by Gasteiger charge is -2.20. The molecule has 1 saturated heterocycles. The van der Waals surface area contributed by atoms with Crippen LogP contribution in [0.3, 0.4) is 0 Å². The Morgan fingerprint density at radius 2 is 2.25 bits per heavy atom. The summed E-state index contributed by atoms with van der Waals surface area (Å²) in [5.41, 5.74) is -0.325. The molecule has 1 aliphatic heterocycles. The van der Waals surface area contributed by atoms with Crippen molar-refractivity contribution in [2.24, 2.45) is 10.9 Å². The molecule has 0 aromatic heterocycles. The molecule has 2 saturated carbocycles. The van der Waals surface area contributed by atoms with Crippen LogP contribution in [0.4, 0.5) is 0 Å². The Bertz CT molecular complexity index is 348. The van der Waals surface area contributed by atoms with Crippen molar-refractivity contribution in [3.63, 3.8) is 0 Å². The molecule has 1 spiro atoms. The van der Waals surface area contributed by atoms with Crippen LogP contribution in [0.15, 0.2) is 4.99 Å². The van der Waals surface area contributed by atoms with Crippen LogP contribution in [0.5, 0.6) is 0 Å². The maximum absolute atomic E-state index is 12.0. The van der Waals surface area contributed by atoms with Crippen molar-refractivity contribution in [1.82, 2.24) is 10.6 Å². The number of hydrogen-bond donors (Lipinski definition) is 2. The van der Waals surface area contributed by atoms with Gasteiger partial charge in [-0.3, -0.25) is 10.1 Å². The highest BCUT2D eigenvalue weighted by atomic mass is 16.2. The molecule has 0 bridgehead atoms. The van der Waals surface area contributed by atoms with E-state index in [1.165, 1.54) is 19.3 Å². The van der Waals surface area contributed by atoms with Crippen molar-refractivity contribution in [2.75, 3.05) is 0 Å². The molecule has 0 aromatic rings. The molecule has 4 nitrogen and oxygen atoms in total. The summed E-state index contributed by atoms with van der Waals surface area (Å²) < 4.78 is 0. The summed E-state index contributed by atoms with van der Waals surface area (Å²) in [5.74, 6) is 1.56. The minimum absolute atomic E-state index is 0.142. The van der Waals surface area contributed by atoms with E-state index in [2.05, 4.69) is 22.5 Å². The highest BCUT2D eigenvalue weighted by Crippen LogP contribution is 2.38. The van der Waals surface area contributed by atoms with Gasteiger partial charge in [-0.15, -0.1) is 0 Å². The number of hydrogen-bond acceptors (Lipinski definition) is 2. The molecule has 3 rings (SSSR count). The Morgan fingerprint density at radius 1 is 1.44 bits per heavy atom. The third-order valence-electron chi connectivity index (χ3n) is 4.08. The van der Waals surface area contributed by atoms with Crippen LogP contribution in [-0.4, -0.2) is 23.4 Å². The zero-order chi connectivity index (χ0) is 11.2. The average molecular weight is 221 g/mol. The van der Waals surface area contributed by atoms with E-state index in [1.54, 1.807) is 0 Å². The predicted octanol–water partition coefficient (Wildman–Crippen LogP) is 1.17. The van der Waals surface area contributed by atoms with E-state index in [1.807, 2.05) is 0 Å². The van der Waals surface area contributed by atoms with Crippen molar-refractivity contribution in [2.45, 2.75) is 57.0 Å². The number of nitrogens with one attached hydrogen (secondary N) is 2. The number of amides is 1. The summed E-state index contributed by atoms with van der Waals surface area (Å²) in [7, 11) is 0. The highest BCUT2D eigenvalue weighted by molar-refractivity contribution is 6.09. The van der Waals surface area contributed by atoms with Crippen LogP contribution < -0.4 is 10.6 Å². The van der Waals surface area contributed by atoms with E-state index < -0.39 is 0 Å². The van der Waals surface area contributed by atoms with Crippen LogP contribution in [0, 0.1) is 5.92 Å². The first-order chi connectivity index (χ1) is 7.72. The molecule has 16 heavy (non-hydrogen) atoms. The standard InChI is InChI=1S/C12H19N3O/c1-2-8-5-6-12(7-8)10(16)14-11(15-12)13-9-3-4-9/h8-9H,2-7H2,1H3,(H2,13,14,15,16). The minimum atomic E-state index is -0.325. The minimum Gasteiger partial charge on any atom is -0.342 e. The van der Waals surface area contributed by atoms with E-state index >= 15 is 0 Å². The van der Waals surface area contributed by atoms with Gasteiger partial charge in [-0.05, 0) is 38.0 Å². The molecule has 2 unspecified atom stereocenters. The van der Waals surface area contributed by atoms with Gasteiger partial charge < -0.3 is 5.32 Å². The molecule has 2 atom stereocenters. The van der Waals surface area contributed by atoms with Crippen molar-refractivity contribution in [3.8, 4) is 0 Å². The number of carbonyl (C=O) groups excluding carboxylic acids is 1. The largest absolute Gasteiger partial charge is 0.342 e. The first-order valence-corrected chi connectivity index (χ1v) is 6.39. The molecule has 1 heterocycles. The van der Waals surface area contributed by atoms with Crippen molar-refractivity contribution in [1.29, 1.82) is 0 Å². The van der Waals surface area contributed by atoms with Gasteiger partial charge in [0.15, 0.2) is 5.96 Å². The molecule has 2 aliphatic carbocycles. The van der Waals surface area contributed by atoms with E-state index in [0.29, 0.717) is 12.0 Å². The summed E-state index contributed by atoms with van der Waals surface area (Å²) in [6.07, 6.45) is 6.61. The molecule has 4 heteroatoms. The molecule has 3 aliphatic rings. The Kier molecular flexibility index (Phi) is 2.19. The van der Waals surface area contributed by atoms with Crippen LogP contribution in [0.1, 0.15) is 45.4 Å². The van der Waals surface area contributed by atoms with E-state index in [9.17, 15) is 4.79 Å². The summed E-state index contributed by atoms with van der Waals surface area (Å²) in [6.45, 7) is 2.20. The normalized spacial score (nSPS) is 40.4. The first kappa shape index (κ1) is 10.1. The summed E-state index contributed by atoms with van der Waals surface area (Å²) in [5, 5.41) is 6.24. The van der Waals surface area contributed by atoms with Crippen LogP contribution in [0.2, 0.25) is 0 Å². The van der Waals surface area contributed by atoms with Gasteiger partial charge in [0.2, 0.25) is 0 Å². The second-order valence-electron chi connectivity index (χ2n) is 5.39. The molecule has 0 radical (unpaired) electrons. The third kappa shape index (κ3) is 1.60. The fourth-order valence-electron chi connectivity index (χ4n) is 2.81. The van der Waals surface area contributed by atoms with Gasteiger partial charge in [-0.2, -0.15) is 0 Å². The van der Waals surface area contributed by atoms with Crippen LogP contribution >= 0.6 is 0 Å². The van der Waals surface area contributed by atoms with Crippen LogP contribution in [0.25, 0.3) is 0 Å². The van der Waals surface area contributed by atoms with Crippen molar-refractivity contribution < 1.29 is 4.79 Å². The molecule has 0 aromatic carbocycles. The monoisotopic (exact) mass is 221 g/mol. The van der Waals surface area contributed by atoms with Gasteiger partial charge in [0, 0.05) is 0 Å². The van der Waals surface area contributed by atoms with E-state index in [4.69, 9.17) is 0 Å². The number of rotatable bonds is 2. The topological polar surface area (TPSA) is 53.5 Å². The fraction of sp³-hybridized carbons (Fsp3) is 0.833. The molecular weight excluding hydrogens is 202 g/mol. The predicted molar refractivity (Wildman–Crippen MR) is 62.1 cm³/mol. The first-order valence-electron chi connectivity index (χ1n) is 6.39. The summed E-state index contributed by atoms with van der Waals surface area (Å²) >= 11 is 0. The Labute approximate surface area is 95.9 Å². The second-order valence-corrected chi connectivity index (χ2v) is 5.39. The SMILES string of the molecule is CCC1CCC2(C1)NC(=NC1CC1)NC2=O. The van der Waals surface area contributed by atoms with Crippen molar-refractivity contribution >= 4 is 11.9 Å². The number of nitrogens with zero attached hydrogens (tertiary/aromatic N) is 1. The van der Waals surface area contributed by atoms with Gasteiger partial charge in [0.05, 0.1) is 6.04 Å². The Hall–Kier alpha value is -1.06. The van der Waals surface area contributed by atoms with Crippen molar-refractivity contribution in [3.05, 3.63) is 0 Å². The average Bonchev–Trinajstić information content (AvgIpc) is 2.89. The van der Waals surface area contributed by atoms with Gasteiger partial charge in [-0.25, -0.2) is 4.99 Å². The summed E-state index contributed by atoms with van der Waals surface area (Å²) in [4.78, 5) is 16.5. The lowest BCUT2D eigenvalue weighted by Crippen LogP contribution is -2.44. The molecule has 2 N–H and O–H groups in total. The number of carbonyl (C=O) groups is 1. The van der Waals surface area contributed by atoms with Gasteiger partial charge in [0.1, 0.15) is 5.54 Å². The lowest BCUT2D eigenvalue weighted by atomic mass is 9.95. The van der Waals surface area contributed by atoms with E-state index in [0.717, 1.165) is 25.2 Å². The zero-order valence-corrected chi connectivity index (χ0v) is 9.75. The zero-order valence-electron chi connectivity index (χ0n) is 9.75. The Balaban J connectivity index is 1.74. The number of aliphatic imine (C=N–C) groups is 1. The third-order valence-corrected chi connectivity index (χ3v) is 4.08. The van der Waals surface area contributed by atoms with E-state index in [-0.39, 0.29) is 11.4 Å². The van der Waals surface area contributed by atoms with Gasteiger partial charge >= 0.3 is 0 Å². The molecule has 1 amide bonds. The quantitative estimate of drug-likeness (QED) is 0.735. The highest BCUT2D eigenvalue weighted by Gasteiger charge is 2.49. The lowest BCUT2D eigenvalue weighted by molar-refractivity contribution is -0.123. The van der Waals surface area contributed by atoms with Gasteiger partial charge in [-0.1, -0.05) is 13.3 Å². The summed E-state index contributed by atoms with van der Waals surface area (Å²) in [6, 6.07) is 0.460. The molecule has 3 fully saturated rings. The number of guanidine groups is 1. The molecule has 88 valence electrons. The maximum Gasteiger partial charge on any atom is 0.252 e. The smallest absolute Gasteiger partial charge is 0.252 e. The fourth-order valence-corrected chi connectivity index (χ4v) is 2.81. The van der Waals surface area contributed by atoms with Gasteiger partial charge in [0.25, 0.3) is 5.91 Å². The second kappa shape index (κ2) is 3.47. The van der Waals surface area contributed by atoms with Crippen LogP contribution in [-0.2, 0) is 4.79 Å².